The summed E-state index contributed by atoms with van der Waals surface area (Å²) in [5.41, 5.74) is -1.98. The smallest absolute Gasteiger partial charge is 0.186 e. The van der Waals surface area contributed by atoms with Crippen LogP contribution in [0.5, 0.6) is 0 Å². The lowest BCUT2D eigenvalue weighted by atomic mass is 9.42. The summed E-state index contributed by atoms with van der Waals surface area (Å²) in [6, 6.07) is 0. The van der Waals surface area contributed by atoms with Crippen LogP contribution in [0, 0.1) is 46.3 Å². The van der Waals surface area contributed by atoms with E-state index in [1.807, 2.05) is 13.8 Å². The quantitative estimate of drug-likeness (QED) is 0.148. The monoisotopic (exact) mass is 716 g/mol. The highest BCUT2D eigenvalue weighted by Gasteiger charge is 2.71. The van der Waals surface area contributed by atoms with E-state index in [0.29, 0.717) is 32.1 Å². The van der Waals surface area contributed by atoms with Crippen molar-refractivity contribution in [3.8, 4) is 0 Å². The molecule has 50 heavy (non-hydrogen) atoms. The minimum Gasteiger partial charge on any atom is -0.393 e. The average Bonchev–Trinajstić information content (AvgIpc) is 3.34. The third-order valence-electron chi connectivity index (χ3n) is 14.6. The Kier molecular flexibility index (Phi) is 11.5. The van der Waals surface area contributed by atoms with E-state index in [-0.39, 0.29) is 66.8 Å². The minimum absolute atomic E-state index is 0.105. The van der Waals surface area contributed by atoms with Crippen LogP contribution in [0.15, 0.2) is 0 Å². The molecule has 0 aromatic rings. The van der Waals surface area contributed by atoms with Crippen LogP contribution in [0.1, 0.15) is 92.4 Å². The summed E-state index contributed by atoms with van der Waals surface area (Å²) >= 11 is 0. The first kappa shape index (κ1) is 39.2. The molecule has 2 aliphatic heterocycles. The van der Waals surface area contributed by atoms with Gasteiger partial charge in [0, 0.05) is 12.3 Å². The van der Waals surface area contributed by atoms with Crippen molar-refractivity contribution in [2.24, 2.45) is 46.3 Å². The van der Waals surface area contributed by atoms with Crippen LogP contribution < -0.4 is 0 Å². The molecule has 0 bridgehead atoms. The van der Waals surface area contributed by atoms with E-state index < -0.39 is 78.3 Å². The van der Waals surface area contributed by atoms with E-state index in [0.717, 1.165) is 19.3 Å². The predicted octanol–water partition coefficient (Wildman–Crippen LogP) is 0.423. The molecular formula is C37H64O13. The standard InChI is InChI=1S/C37H64O13/c1-17(2)26(50-34-31(45)29(43)25(41)16-48-34)7-6-18(3)20-13-22(38)32-36(20,5)11-9-27-35(4)10-8-19(12-21(35)23(39)14-37(27,32)46)49-33-30(44)28(42)24(40)15-47-33/h17-34,38-46H,6-16H2,1-5H3. The van der Waals surface area contributed by atoms with Crippen LogP contribution in [0.2, 0.25) is 0 Å². The highest BCUT2D eigenvalue weighted by atomic mass is 16.7. The summed E-state index contributed by atoms with van der Waals surface area (Å²) < 4.78 is 23.3. The fraction of sp³-hybridized carbons (Fsp3) is 1.00. The summed E-state index contributed by atoms with van der Waals surface area (Å²) in [6.45, 7) is 10.4. The predicted molar refractivity (Wildman–Crippen MR) is 178 cm³/mol. The van der Waals surface area contributed by atoms with E-state index in [9.17, 15) is 46.0 Å². The zero-order valence-corrected chi connectivity index (χ0v) is 30.3. The van der Waals surface area contributed by atoms with Gasteiger partial charge in [0.05, 0.1) is 43.2 Å². The molecule has 290 valence electrons. The van der Waals surface area contributed by atoms with Gasteiger partial charge in [0.15, 0.2) is 12.6 Å². The average molecular weight is 717 g/mol. The molecule has 6 fully saturated rings. The Morgan fingerprint density at radius 2 is 1.30 bits per heavy atom. The van der Waals surface area contributed by atoms with Crippen LogP contribution in [0.4, 0.5) is 0 Å². The van der Waals surface area contributed by atoms with Crippen molar-refractivity contribution in [2.75, 3.05) is 13.2 Å². The Bertz CT molecular complexity index is 1160. The van der Waals surface area contributed by atoms with Gasteiger partial charge < -0.3 is 64.9 Å². The molecule has 6 rings (SSSR count). The number of hydrogen-bond donors (Lipinski definition) is 9. The fourth-order valence-electron chi connectivity index (χ4n) is 11.9. The van der Waals surface area contributed by atoms with Gasteiger partial charge in [-0.1, -0.05) is 34.6 Å². The normalized spacial score (nSPS) is 53.7. The molecule has 20 unspecified atom stereocenters. The molecule has 13 heteroatoms. The van der Waals surface area contributed by atoms with Crippen molar-refractivity contribution in [1.29, 1.82) is 0 Å². The van der Waals surface area contributed by atoms with Gasteiger partial charge in [-0.2, -0.15) is 0 Å². The van der Waals surface area contributed by atoms with Gasteiger partial charge in [-0.15, -0.1) is 0 Å². The van der Waals surface area contributed by atoms with Gasteiger partial charge in [-0.3, -0.25) is 0 Å². The molecule has 13 nitrogen and oxygen atoms in total. The Hall–Kier alpha value is -0.520. The second-order valence-corrected chi connectivity index (χ2v) is 17.9. The zero-order valence-electron chi connectivity index (χ0n) is 30.3. The third-order valence-corrected chi connectivity index (χ3v) is 14.6. The first-order valence-corrected chi connectivity index (χ1v) is 19.1. The molecule has 0 radical (unpaired) electrons. The number of aliphatic hydroxyl groups is 9. The molecule has 20 atom stereocenters. The van der Waals surface area contributed by atoms with Crippen molar-refractivity contribution in [3.63, 3.8) is 0 Å². The molecule has 2 heterocycles. The molecule has 6 aliphatic rings. The maximum atomic E-state index is 12.8. The number of hydrogen-bond acceptors (Lipinski definition) is 13. The molecule has 0 amide bonds. The summed E-state index contributed by atoms with van der Waals surface area (Å²) in [5, 5.41) is 97.1. The first-order chi connectivity index (χ1) is 23.4. The zero-order chi connectivity index (χ0) is 36.5. The van der Waals surface area contributed by atoms with E-state index in [1.165, 1.54) is 0 Å². The Labute approximate surface area is 295 Å². The van der Waals surface area contributed by atoms with Crippen LogP contribution >= 0.6 is 0 Å². The number of aliphatic hydroxyl groups excluding tert-OH is 8. The summed E-state index contributed by atoms with van der Waals surface area (Å²) in [5.74, 6) is -0.240. The second kappa shape index (κ2) is 14.6. The van der Waals surface area contributed by atoms with Crippen LogP contribution in [0.25, 0.3) is 0 Å². The molecule has 0 spiro atoms. The van der Waals surface area contributed by atoms with Crippen LogP contribution in [-0.4, -0.2) is 138 Å². The first-order valence-electron chi connectivity index (χ1n) is 19.1. The lowest BCUT2D eigenvalue weighted by Crippen LogP contribution is -2.68. The second-order valence-electron chi connectivity index (χ2n) is 17.9. The highest BCUT2D eigenvalue weighted by Crippen LogP contribution is 2.70. The molecule has 0 aromatic heterocycles. The van der Waals surface area contributed by atoms with Crippen molar-refractivity contribution >= 4 is 0 Å². The van der Waals surface area contributed by atoms with Gasteiger partial charge in [0.2, 0.25) is 0 Å². The van der Waals surface area contributed by atoms with E-state index in [4.69, 9.17) is 18.9 Å². The summed E-state index contributed by atoms with van der Waals surface area (Å²) in [6.07, 6.45) is -6.33. The van der Waals surface area contributed by atoms with Gasteiger partial charge in [-0.25, -0.2) is 0 Å². The van der Waals surface area contributed by atoms with E-state index in [1.54, 1.807) is 0 Å². The van der Waals surface area contributed by atoms with Crippen LogP contribution in [0.3, 0.4) is 0 Å². The molecule has 4 aliphatic carbocycles. The molecular weight excluding hydrogens is 652 g/mol. The topological polar surface area (TPSA) is 219 Å². The van der Waals surface area contributed by atoms with E-state index in [2.05, 4.69) is 20.8 Å². The maximum Gasteiger partial charge on any atom is 0.186 e. The number of ether oxygens (including phenoxy) is 4. The van der Waals surface area contributed by atoms with Gasteiger partial charge in [-0.05, 0) is 91.8 Å². The number of rotatable bonds is 9. The van der Waals surface area contributed by atoms with Crippen molar-refractivity contribution in [1.82, 2.24) is 0 Å². The minimum atomic E-state index is -1.38. The van der Waals surface area contributed by atoms with Crippen LogP contribution in [-0.2, 0) is 18.9 Å². The van der Waals surface area contributed by atoms with Gasteiger partial charge >= 0.3 is 0 Å². The van der Waals surface area contributed by atoms with E-state index >= 15 is 0 Å². The molecule has 0 aromatic carbocycles. The SMILES string of the molecule is CC(C)C(CCC(C)C1CC(O)C2C1(C)CCC1C3(C)CCC(OC4OCC(O)C(O)C4O)CC3C(O)CC12O)OC1OCC(O)C(O)C1O. The lowest BCUT2D eigenvalue weighted by Gasteiger charge is -2.66. The van der Waals surface area contributed by atoms with Gasteiger partial charge in [0.1, 0.15) is 36.6 Å². The fourth-order valence-corrected chi connectivity index (χ4v) is 11.9. The summed E-state index contributed by atoms with van der Waals surface area (Å²) in [7, 11) is 0. The third kappa shape index (κ3) is 6.73. The van der Waals surface area contributed by atoms with Crippen molar-refractivity contribution in [3.05, 3.63) is 0 Å². The number of fused-ring (bicyclic) bond motifs is 5. The Morgan fingerprint density at radius 1 is 0.700 bits per heavy atom. The van der Waals surface area contributed by atoms with Crippen molar-refractivity contribution < 1.29 is 64.9 Å². The molecule has 9 N–H and O–H groups in total. The maximum absolute atomic E-state index is 12.8. The Balaban J connectivity index is 1.12. The Morgan fingerprint density at radius 3 is 1.94 bits per heavy atom. The van der Waals surface area contributed by atoms with Crippen molar-refractivity contribution in [2.45, 2.75) is 172 Å². The summed E-state index contributed by atoms with van der Waals surface area (Å²) in [4.78, 5) is 0. The largest absolute Gasteiger partial charge is 0.393 e. The molecule has 2 saturated heterocycles. The molecule has 4 saturated carbocycles. The highest BCUT2D eigenvalue weighted by molar-refractivity contribution is 5.20. The lowest BCUT2D eigenvalue weighted by molar-refractivity contribution is -0.300. The van der Waals surface area contributed by atoms with Gasteiger partial charge in [0.25, 0.3) is 0 Å².